The third-order valence-corrected chi connectivity index (χ3v) is 8.66. The van der Waals surface area contributed by atoms with Crippen LogP contribution < -0.4 is 10.1 Å². The van der Waals surface area contributed by atoms with Crippen molar-refractivity contribution in [3.8, 4) is 5.75 Å². The first-order chi connectivity index (χ1) is 18.0. The minimum atomic E-state index is -0.613. The molecule has 3 amide bonds. The fraction of sp³-hybridized carbons (Fsp3) is 0.379. The largest absolute Gasteiger partial charge is 0.492 e. The van der Waals surface area contributed by atoms with Gasteiger partial charge in [0, 0.05) is 52.9 Å². The van der Waals surface area contributed by atoms with Crippen LogP contribution in [-0.4, -0.2) is 58.2 Å². The van der Waals surface area contributed by atoms with Gasteiger partial charge in [0.15, 0.2) is 0 Å². The zero-order valence-electron chi connectivity index (χ0n) is 20.5. The first kappa shape index (κ1) is 22.4. The Morgan fingerprint density at radius 1 is 1.05 bits per heavy atom. The monoisotopic (exact) mass is 496 g/mol. The summed E-state index contributed by atoms with van der Waals surface area (Å²) in [6.07, 6.45) is 6.35. The second-order valence-corrected chi connectivity index (χ2v) is 10.8. The minimum absolute atomic E-state index is 0.0407. The highest BCUT2D eigenvalue weighted by Gasteiger charge is 2.47. The van der Waals surface area contributed by atoms with Gasteiger partial charge in [-0.3, -0.25) is 29.6 Å². The molecule has 8 nitrogen and oxygen atoms in total. The first-order valence-corrected chi connectivity index (χ1v) is 13.0. The predicted molar refractivity (Wildman–Crippen MR) is 136 cm³/mol. The molecule has 7 rings (SSSR count). The fourth-order valence-electron chi connectivity index (χ4n) is 6.53. The number of rotatable bonds is 3. The number of piperidine rings is 2. The number of benzene rings is 2. The molecule has 4 aliphatic heterocycles. The lowest BCUT2D eigenvalue weighted by Crippen LogP contribution is -2.52. The van der Waals surface area contributed by atoms with Crippen LogP contribution in [-0.2, 0) is 28.1 Å². The molecule has 0 radical (unpaired) electrons. The van der Waals surface area contributed by atoms with E-state index < -0.39 is 6.04 Å². The second-order valence-electron chi connectivity index (χ2n) is 10.8. The number of fused-ring (bicyclic) bond motifs is 5. The maximum absolute atomic E-state index is 13.2. The highest BCUT2D eigenvalue weighted by molar-refractivity contribution is 6.05. The van der Waals surface area contributed by atoms with Gasteiger partial charge < -0.3 is 9.64 Å². The van der Waals surface area contributed by atoms with Gasteiger partial charge in [-0.25, -0.2) is 0 Å². The SMILES string of the molecule is O=C1CCC(N2Cc3c(ccc4c3OCC43CCN(Cc4ccc5cnccc5c4)CC3)C2=O)C(=O)N1. The summed E-state index contributed by atoms with van der Waals surface area (Å²) in [5.74, 6) is 0.0118. The number of amides is 3. The molecule has 2 fully saturated rings. The Kier molecular flexibility index (Phi) is 5.08. The molecule has 1 atom stereocenters. The van der Waals surface area contributed by atoms with Gasteiger partial charge in [-0.05, 0) is 61.5 Å². The molecule has 4 aliphatic rings. The van der Waals surface area contributed by atoms with Crippen LogP contribution in [0.25, 0.3) is 10.8 Å². The quantitative estimate of drug-likeness (QED) is 0.561. The maximum atomic E-state index is 13.2. The van der Waals surface area contributed by atoms with Crippen molar-refractivity contribution in [1.29, 1.82) is 0 Å². The van der Waals surface area contributed by atoms with E-state index in [1.54, 1.807) is 4.90 Å². The number of nitrogens with zero attached hydrogens (tertiary/aromatic N) is 3. The van der Waals surface area contributed by atoms with Gasteiger partial charge in [0.2, 0.25) is 11.8 Å². The Hall–Kier alpha value is -3.78. The highest BCUT2D eigenvalue weighted by atomic mass is 16.5. The standard InChI is InChI=1S/C29H28N4O4/c34-25-6-5-24(27(35)31-25)33-16-22-21(28(33)36)3-4-23-26(22)37-17-29(23)8-11-32(12-9-29)15-18-1-2-20-14-30-10-7-19(20)13-18/h1-4,7,10,13-14,24H,5-6,8-9,11-12,15-17H2,(H,31,34,35). The Balaban J connectivity index is 1.08. The summed E-state index contributed by atoms with van der Waals surface area (Å²) in [7, 11) is 0. The number of hydrogen-bond acceptors (Lipinski definition) is 6. The van der Waals surface area contributed by atoms with Crippen LogP contribution in [0.15, 0.2) is 48.8 Å². The van der Waals surface area contributed by atoms with Crippen molar-refractivity contribution in [3.63, 3.8) is 0 Å². The third-order valence-electron chi connectivity index (χ3n) is 8.66. The van der Waals surface area contributed by atoms with Crippen LogP contribution in [0, 0.1) is 0 Å². The van der Waals surface area contributed by atoms with E-state index in [-0.39, 0.29) is 29.6 Å². The molecule has 1 unspecified atom stereocenters. The molecule has 1 N–H and O–H groups in total. The molecular formula is C29H28N4O4. The molecule has 2 saturated heterocycles. The third kappa shape index (κ3) is 3.62. The molecule has 5 heterocycles. The predicted octanol–water partition coefficient (Wildman–Crippen LogP) is 2.92. The number of hydrogen-bond donors (Lipinski definition) is 1. The number of nitrogens with one attached hydrogen (secondary N) is 1. The lowest BCUT2D eigenvalue weighted by Gasteiger charge is -2.38. The van der Waals surface area contributed by atoms with E-state index in [9.17, 15) is 14.4 Å². The van der Waals surface area contributed by atoms with Crippen LogP contribution in [0.5, 0.6) is 5.75 Å². The van der Waals surface area contributed by atoms with Gasteiger partial charge >= 0.3 is 0 Å². The van der Waals surface area contributed by atoms with Crippen LogP contribution in [0.3, 0.4) is 0 Å². The van der Waals surface area contributed by atoms with Crippen molar-refractivity contribution >= 4 is 28.5 Å². The van der Waals surface area contributed by atoms with Crippen molar-refractivity contribution in [2.75, 3.05) is 19.7 Å². The van der Waals surface area contributed by atoms with Crippen LogP contribution in [0.4, 0.5) is 0 Å². The van der Waals surface area contributed by atoms with E-state index in [0.29, 0.717) is 25.1 Å². The Morgan fingerprint density at radius 3 is 2.76 bits per heavy atom. The van der Waals surface area contributed by atoms with E-state index in [1.807, 2.05) is 18.5 Å². The summed E-state index contributed by atoms with van der Waals surface area (Å²) in [5.41, 5.74) is 3.97. The van der Waals surface area contributed by atoms with Gasteiger partial charge in [0.25, 0.3) is 5.91 Å². The second kappa shape index (κ2) is 8.38. The van der Waals surface area contributed by atoms with Crippen LogP contribution in [0.1, 0.15) is 52.7 Å². The van der Waals surface area contributed by atoms with Gasteiger partial charge in [-0.1, -0.05) is 18.2 Å². The van der Waals surface area contributed by atoms with Gasteiger partial charge in [-0.2, -0.15) is 0 Å². The van der Waals surface area contributed by atoms with E-state index in [4.69, 9.17) is 4.74 Å². The average molecular weight is 497 g/mol. The molecule has 8 heteroatoms. The van der Waals surface area contributed by atoms with Gasteiger partial charge in [0.05, 0.1) is 13.2 Å². The van der Waals surface area contributed by atoms with Crippen molar-refractivity contribution < 1.29 is 19.1 Å². The van der Waals surface area contributed by atoms with E-state index in [0.717, 1.165) is 49.2 Å². The fourth-order valence-corrected chi connectivity index (χ4v) is 6.53. The number of imide groups is 1. The summed E-state index contributed by atoms with van der Waals surface area (Å²) in [5, 5.41) is 4.75. The number of carbonyl (C=O) groups excluding carboxylic acids is 3. The lowest BCUT2D eigenvalue weighted by atomic mass is 9.74. The van der Waals surface area contributed by atoms with Crippen molar-refractivity contribution in [3.05, 3.63) is 71.0 Å². The van der Waals surface area contributed by atoms with Crippen molar-refractivity contribution in [1.82, 2.24) is 20.1 Å². The molecule has 188 valence electrons. The van der Waals surface area contributed by atoms with E-state index >= 15 is 0 Å². The summed E-state index contributed by atoms with van der Waals surface area (Å²) in [6, 6.07) is 12.0. The smallest absolute Gasteiger partial charge is 0.255 e. The Morgan fingerprint density at radius 2 is 1.92 bits per heavy atom. The zero-order valence-corrected chi connectivity index (χ0v) is 20.5. The number of carbonyl (C=O) groups is 3. The molecule has 2 aromatic carbocycles. The number of ether oxygens (including phenoxy) is 1. The molecule has 1 aromatic heterocycles. The topological polar surface area (TPSA) is 91.8 Å². The lowest BCUT2D eigenvalue weighted by molar-refractivity contribution is -0.136. The first-order valence-electron chi connectivity index (χ1n) is 13.0. The van der Waals surface area contributed by atoms with E-state index in [2.05, 4.69) is 45.5 Å². The minimum Gasteiger partial charge on any atom is -0.492 e. The van der Waals surface area contributed by atoms with Crippen molar-refractivity contribution in [2.45, 2.75) is 50.2 Å². The summed E-state index contributed by atoms with van der Waals surface area (Å²) >= 11 is 0. The van der Waals surface area contributed by atoms with Crippen molar-refractivity contribution in [2.24, 2.45) is 0 Å². The summed E-state index contributed by atoms with van der Waals surface area (Å²) in [4.78, 5) is 45.5. The molecular weight excluding hydrogens is 468 g/mol. The van der Waals surface area contributed by atoms with Gasteiger partial charge in [-0.15, -0.1) is 0 Å². The maximum Gasteiger partial charge on any atom is 0.255 e. The molecule has 0 bridgehead atoms. The molecule has 3 aromatic rings. The number of likely N-dealkylation sites (tertiary alicyclic amines) is 1. The van der Waals surface area contributed by atoms with E-state index in [1.165, 1.54) is 16.5 Å². The Labute approximate surface area is 214 Å². The highest BCUT2D eigenvalue weighted by Crippen LogP contribution is 2.49. The van der Waals surface area contributed by atoms with Gasteiger partial charge in [0.1, 0.15) is 11.8 Å². The van der Waals surface area contributed by atoms with Crippen LogP contribution >= 0.6 is 0 Å². The molecule has 37 heavy (non-hydrogen) atoms. The average Bonchev–Trinajstić information content (AvgIpc) is 3.43. The normalized spacial score (nSPS) is 22.8. The number of pyridine rings is 1. The number of aromatic nitrogens is 1. The molecule has 0 saturated carbocycles. The molecule has 1 spiro atoms. The molecule has 0 aliphatic carbocycles. The zero-order chi connectivity index (χ0) is 25.1. The Bertz CT molecular complexity index is 1460. The summed E-state index contributed by atoms with van der Waals surface area (Å²) in [6.45, 7) is 3.86. The summed E-state index contributed by atoms with van der Waals surface area (Å²) < 4.78 is 6.31. The van der Waals surface area contributed by atoms with Crippen LogP contribution in [0.2, 0.25) is 0 Å².